The summed E-state index contributed by atoms with van der Waals surface area (Å²) in [6.45, 7) is 2.15. The molecule has 2 fully saturated rings. The van der Waals surface area contributed by atoms with E-state index in [9.17, 15) is 13.6 Å². The van der Waals surface area contributed by atoms with Crippen molar-refractivity contribution in [3.05, 3.63) is 29.8 Å². The Morgan fingerprint density at radius 2 is 2.00 bits per heavy atom. The molecule has 10 heteroatoms. The molecular formula is C21H22F2N6O2. The summed E-state index contributed by atoms with van der Waals surface area (Å²) in [5, 5.41) is 8.15. The van der Waals surface area contributed by atoms with Gasteiger partial charge in [-0.2, -0.15) is 18.9 Å². The molecule has 2 saturated carbocycles. The zero-order valence-electron chi connectivity index (χ0n) is 17.2. The second kappa shape index (κ2) is 7.21. The average Bonchev–Trinajstić information content (AvgIpc) is 3.44. The van der Waals surface area contributed by atoms with E-state index in [1.54, 1.807) is 12.3 Å². The maximum atomic E-state index is 14.2. The van der Waals surface area contributed by atoms with Crippen LogP contribution in [0.5, 0.6) is 5.88 Å². The predicted molar refractivity (Wildman–Crippen MR) is 109 cm³/mol. The Morgan fingerprint density at radius 3 is 2.61 bits per heavy atom. The SMILES string of the molecule is CC(=O)Nc1cc2c(cn1)c(C1CC1)nn2-c1cc(OC2CCC2)nc(C(C)(F)F)n1. The van der Waals surface area contributed by atoms with Crippen molar-refractivity contribution in [2.24, 2.45) is 0 Å². The number of hydrogen-bond donors (Lipinski definition) is 1. The largest absolute Gasteiger partial charge is 0.474 e. The highest BCUT2D eigenvalue weighted by Gasteiger charge is 2.33. The highest BCUT2D eigenvalue weighted by Crippen LogP contribution is 2.43. The molecule has 3 heterocycles. The van der Waals surface area contributed by atoms with E-state index in [1.165, 1.54) is 17.7 Å². The van der Waals surface area contributed by atoms with Gasteiger partial charge in [-0.25, -0.2) is 14.6 Å². The zero-order valence-corrected chi connectivity index (χ0v) is 17.2. The van der Waals surface area contributed by atoms with Gasteiger partial charge in [0.05, 0.1) is 11.2 Å². The first-order valence-electron chi connectivity index (χ1n) is 10.4. The van der Waals surface area contributed by atoms with Crippen molar-refractivity contribution in [3.63, 3.8) is 0 Å². The number of nitrogens with zero attached hydrogens (tertiary/aromatic N) is 5. The number of nitrogens with one attached hydrogen (secondary N) is 1. The van der Waals surface area contributed by atoms with Gasteiger partial charge in [-0.15, -0.1) is 0 Å². The predicted octanol–water partition coefficient (Wildman–Crippen LogP) is 4.09. The molecule has 3 aromatic heterocycles. The molecule has 31 heavy (non-hydrogen) atoms. The standard InChI is InChI=1S/C21H22F2N6O2/c1-11(30)25-16-8-15-14(10-24-16)19(12-6-7-12)28-29(15)17-9-18(31-13-4-3-5-13)27-20(26-17)21(2,22)23/h8-10,12-13H,3-7H2,1-2H3,(H,24,25,30). The van der Waals surface area contributed by atoms with Crippen LogP contribution in [0.25, 0.3) is 16.7 Å². The number of amides is 1. The Balaban J connectivity index is 1.66. The number of pyridine rings is 1. The number of halogens is 2. The van der Waals surface area contributed by atoms with E-state index in [2.05, 4.69) is 20.3 Å². The van der Waals surface area contributed by atoms with Crippen LogP contribution in [0.3, 0.4) is 0 Å². The van der Waals surface area contributed by atoms with Gasteiger partial charge >= 0.3 is 5.92 Å². The lowest BCUT2D eigenvalue weighted by Gasteiger charge is -2.26. The molecule has 0 atom stereocenters. The molecule has 162 valence electrons. The minimum Gasteiger partial charge on any atom is -0.474 e. The van der Waals surface area contributed by atoms with Gasteiger partial charge in [0, 0.05) is 43.5 Å². The number of ether oxygens (including phenoxy) is 1. The molecule has 0 spiro atoms. The molecule has 0 bridgehead atoms. The molecule has 0 unspecified atom stereocenters. The lowest BCUT2D eigenvalue weighted by atomic mass is 9.96. The summed E-state index contributed by atoms with van der Waals surface area (Å²) in [5.41, 5.74) is 1.47. The van der Waals surface area contributed by atoms with E-state index < -0.39 is 11.7 Å². The van der Waals surface area contributed by atoms with Gasteiger partial charge in [0.1, 0.15) is 11.9 Å². The van der Waals surface area contributed by atoms with Crippen LogP contribution in [-0.4, -0.2) is 36.7 Å². The van der Waals surface area contributed by atoms with Crippen molar-refractivity contribution >= 4 is 22.6 Å². The van der Waals surface area contributed by atoms with Gasteiger partial charge in [0.25, 0.3) is 0 Å². The molecule has 1 N–H and O–H groups in total. The van der Waals surface area contributed by atoms with Crippen molar-refractivity contribution in [1.29, 1.82) is 0 Å². The third kappa shape index (κ3) is 3.94. The first kappa shape index (κ1) is 19.8. The molecular weight excluding hydrogens is 406 g/mol. The summed E-state index contributed by atoms with van der Waals surface area (Å²) in [7, 11) is 0. The Labute approximate surface area is 177 Å². The molecule has 0 saturated heterocycles. The lowest BCUT2D eigenvalue weighted by molar-refractivity contribution is -0.114. The third-order valence-electron chi connectivity index (χ3n) is 5.50. The van der Waals surface area contributed by atoms with Crippen molar-refractivity contribution in [2.45, 2.75) is 63.9 Å². The average molecular weight is 428 g/mol. The van der Waals surface area contributed by atoms with Crippen molar-refractivity contribution in [1.82, 2.24) is 24.7 Å². The van der Waals surface area contributed by atoms with Crippen LogP contribution in [-0.2, 0) is 10.7 Å². The molecule has 0 radical (unpaired) electrons. The summed E-state index contributed by atoms with van der Waals surface area (Å²) >= 11 is 0. The van der Waals surface area contributed by atoms with Crippen LogP contribution in [0.1, 0.15) is 63.4 Å². The Hall–Kier alpha value is -3.17. The zero-order chi connectivity index (χ0) is 21.8. The smallest absolute Gasteiger partial charge is 0.304 e. The molecule has 2 aliphatic carbocycles. The van der Waals surface area contributed by atoms with Crippen molar-refractivity contribution in [3.8, 4) is 11.7 Å². The van der Waals surface area contributed by atoms with Crippen LogP contribution in [0.4, 0.5) is 14.6 Å². The van der Waals surface area contributed by atoms with Crippen LogP contribution in [0.2, 0.25) is 0 Å². The number of fused-ring (bicyclic) bond motifs is 1. The van der Waals surface area contributed by atoms with Gasteiger partial charge in [-0.1, -0.05) is 0 Å². The molecule has 1 amide bonds. The van der Waals surface area contributed by atoms with E-state index in [4.69, 9.17) is 9.84 Å². The van der Waals surface area contributed by atoms with E-state index in [0.29, 0.717) is 17.3 Å². The number of hydrogen-bond acceptors (Lipinski definition) is 6. The quantitative estimate of drug-likeness (QED) is 0.636. The molecule has 3 aromatic rings. The summed E-state index contributed by atoms with van der Waals surface area (Å²) in [6, 6.07) is 3.21. The van der Waals surface area contributed by atoms with Gasteiger partial charge in [0.15, 0.2) is 5.82 Å². The minimum absolute atomic E-state index is 0.0203. The number of alkyl halides is 2. The van der Waals surface area contributed by atoms with E-state index >= 15 is 0 Å². The van der Waals surface area contributed by atoms with Crippen molar-refractivity contribution < 1.29 is 18.3 Å². The monoisotopic (exact) mass is 428 g/mol. The van der Waals surface area contributed by atoms with Crippen LogP contribution in [0, 0.1) is 0 Å². The van der Waals surface area contributed by atoms with Gasteiger partial charge in [0.2, 0.25) is 17.6 Å². The molecule has 0 aliphatic heterocycles. The minimum atomic E-state index is -3.24. The van der Waals surface area contributed by atoms with E-state index in [1.807, 2.05) is 0 Å². The Kier molecular flexibility index (Phi) is 4.60. The fraction of sp³-hybridized carbons (Fsp3) is 0.476. The fourth-order valence-corrected chi connectivity index (χ4v) is 3.55. The van der Waals surface area contributed by atoms with E-state index in [0.717, 1.165) is 50.1 Å². The summed E-state index contributed by atoms with van der Waals surface area (Å²) in [6.07, 6.45) is 6.45. The number of carbonyl (C=O) groups excluding carboxylic acids is 1. The number of anilines is 1. The maximum absolute atomic E-state index is 14.2. The summed E-state index contributed by atoms with van der Waals surface area (Å²) in [4.78, 5) is 23.8. The fourth-order valence-electron chi connectivity index (χ4n) is 3.55. The number of carbonyl (C=O) groups is 1. The highest BCUT2D eigenvalue weighted by atomic mass is 19.3. The molecule has 5 rings (SSSR count). The summed E-state index contributed by atoms with van der Waals surface area (Å²) < 4.78 is 35.6. The second-order valence-corrected chi connectivity index (χ2v) is 8.29. The van der Waals surface area contributed by atoms with Gasteiger partial charge < -0.3 is 10.1 Å². The van der Waals surface area contributed by atoms with E-state index in [-0.39, 0.29) is 23.7 Å². The maximum Gasteiger partial charge on any atom is 0.304 e. The first-order valence-corrected chi connectivity index (χ1v) is 10.4. The Bertz CT molecular complexity index is 1160. The van der Waals surface area contributed by atoms with Crippen LogP contribution < -0.4 is 10.1 Å². The number of aromatic nitrogens is 5. The molecule has 2 aliphatic rings. The second-order valence-electron chi connectivity index (χ2n) is 8.29. The highest BCUT2D eigenvalue weighted by molar-refractivity contribution is 5.91. The first-order chi connectivity index (χ1) is 14.8. The van der Waals surface area contributed by atoms with Gasteiger partial charge in [-0.05, 0) is 32.1 Å². The Morgan fingerprint density at radius 1 is 1.23 bits per heavy atom. The third-order valence-corrected chi connectivity index (χ3v) is 5.50. The van der Waals surface area contributed by atoms with Crippen LogP contribution in [0.15, 0.2) is 18.3 Å². The van der Waals surface area contributed by atoms with Crippen LogP contribution >= 0.6 is 0 Å². The van der Waals surface area contributed by atoms with Gasteiger partial charge in [-0.3, -0.25) is 4.79 Å². The van der Waals surface area contributed by atoms with Crippen molar-refractivity contribution in [2.75, 3.05) is 5.32 Å². The summed E-state index contributed by atoms with van der Waals surface area (Å²) in [5.74, 6) is -3.16. The molecule has 0 aromatic carbocycles. The number of rotatable bonds is 6. The normalized spacial score (nSPS) is 16.9. The molecule has 8 nitrogen and oxygen atoms in total. The lowest BCUT2D eigenvalue weighted by Crippen LogP contribution is -2.26. The topological polar surface area (TPSA) is 94.8 Å².